The quantitative estimate of drug-likeness (QED) is 0.700. The average molecular weight is 365 g/mol. The van der Waals surface area contributed by atoms with E-state index >= 15 is 0 Å². The first kappa shape index (κ1) is 19.2. The molecule has 0 radical (unpaired) electrons. The normalized spacial score (nSPS) is 12.6. The average Bonchev–Trinajstić information content (AvgIpc) is 2.63. The lowest BCUT2D eigenvalue weighted by atomic mass is 10.1. The van der Waals surface area contributed by atoms with E-state index in [1.807, 2.05) is 42.5 Å². The third-order valence-electron chi connectivity index (χ3n) is 3.62. The Kier molecular flexibility index (Phi) is 7.24. The number of sulfonamides is 1. The Balaban J connectivity index is 1.89. The van der Waals surface area contributed by atoms with Crippen LogP contribution in [0.15, 0.2) is 54.6 Å². The van der Waals surface area contributed by atoms with Gasteiger partial charge in [0.25, 0.3) is 0 Å². The summed E-state index contributed by atoms with van der Waals surface area (Å²) < 4.78 is 43.0. The van der Waals surface area contributed by atoms with E-state index in [0.717, 1.165) is 5.56 Å². The van der Waals surface area contributed by atoms with E-state index in [9.17, 15) is 8.42 Å². The van der Waals surface area contributed by atoms with Gasteiger partial charge in [-0.1, -0.05) is 36.4 Å². The van der Waals surface area contributed by atoms with Crippen LogP contribution < -0.4 is 14.2 Å². The molecular weight excluding hydrogens is 342 g/mol. The zero-order valence-corrected chi connectivity index (χ0v) is 15.2. The molecule has 136 valence electrons. The first-order valence-corrected chi connectivity index (χ1v) is 9.52. The van der Waals surface area contributed by atoms with Crippen LogP contribution in [0.3, 0.4) is 0 Å². The molecule has 0 saturated carbocycles. The lowest BCUT2D eigenvalue weighted by Gasteiger charge is -2.19. The maximum atomic E-state index is 12.1. The first-order valence-electron chi connectivity index (χ1n) is 7.86. The fourth-order valence-electron chi connectivity index (χ4n) is 2.31. The van der Waals surface area contributed by atoms with Gasteiger partial charge in [0.05, 0.1) is 19.0 Å². The van der Waals surface area contributed by atoms with Crippen molar-refractivity contribution in [3.8, 4) is 11.5 Å². The van der Waals surface area contributed by atoms with Gasteiger partial charge >= 0.3 is 0 Å². The largest absolute Gasteiger partial charge is 0.496 e. The van der Waals surface area contributed by atoms with Crippen LogP contribution in [0.4, 0.5) is 0 Å². The second-order valence-corrected chi connectivity index (χ2v) is 7.22. The van der Waals surface area contributed by atoms with E-state index in [0.29, 0.717) is 11.5 Å². The van der Waals surface area contributed by atoms with Crippen LogP contribution in [-0.4, -0.2) is 41.5 Å². The van der Waals surface area contributed by atoms with E-state index < -0.39 is 16.1 Å². The molecule has 0 aliphatic heterocycles. The molecule has 0 amide bonds. The summed E-state index contributed by atoms with van der Waals surface area (Å²) in [7, 11) is -0.382. The van der Waals surface area contributed by atoms with Crippen LogP contribution in [0.2, 0.25) is 0 Å². The minimum atomic E-state index is -3.48. The van der Waals surface area contributed by atoms with Crippen LogP contribution in [-0.2, 0) is 14.8 Å². The molecule has 1 N–H and O–H groups in total. The predicted octanol–water partition coefficient (Wildman–Crippen LogP) is 2.38. The van der Waals surface area contributed by atoms with E-state index in [1.54, 1.807) is 19.2 Å². The molecule has 2 rings (SSSR count). The third kappa shape index (κ3) is 6.04. The first-order chi connectivity index (χ1) is 12.1. The van der Waals surface area contributed by atoms with Gasteiger partial charge in [-0.2, -0.15) is 0 Å². The number of nitrogens with one attached hydrogen (secondary N) is 1. The van der Waals surface area contributed by atoms with Crippen LogP contribution in [0.1, 0.15) is 11.7 Å². The van der Waals surface area contributed by atoms with Gasteiger partial charge in [0, 0.05) is 19.2 Å². The summed E-state index contributed by atoms with van der Waals surface area (Å²) in [4.78, 5) is 0. The minimum Gasteiger partial charge on any atom is -0.496 e. The van der Waals surface area contributed by atoms with Crippen molar-refractivity contribution in [3.63, 3.8) is 0 Å². The molecule has 0 bridgehead atoms. The smallest absolute Gasteiger partial charge is 0.215 e. The second-order valence-electron chi connectivity index (χ2n) is 5.30. The molecule has 2 aromatic rings. The van der Waals surface area contributed by atoms with E-state index in [4.69, 9.17) is 14.2 Å². The van der Waals surface area contributed by atoms with Crippen molar-refractivity contribution in [2.45, 2.75) is 6.10 Å². The Morgan fingerprint density at radius 3 is 2.36 bits per heavy atom. The summed E-state index contributed by atoms with van der Waals surface area (Å²) in [6.07, 6.45) is -0.444. The van der Waals surface area contributed by atoms with Gasteiger partial charge < -0.3 is 14.2 Å². The van der Waals surface area contributed by atoms with Gasteiger partial charge in [-0.3, -0.25) is 0 Å². The molecule has 2 aromatic carbocycles. The van der Waals surface area contributed by atoms with Crippen molar-refractivity contribution in [1.29, 1.82) is 0 Å². The lowest BCUT2D eigenvalue weighted by Crippen LogP contribution is -2.33. The summed E-state index contributed by atoms with van der Waals surface area (Å²) in [5.74, 6) is 1.16. The summed E-state index contributed by atoms with van der Waals surface area (Å²) in [5.41, 5.74) is 0.788. The lowest BCUT2D eigenvalue weighted by molar-refractivity contribution is 0.105. The highest BCUT2D eigenvalue weighted by atomic mass is 32.2. The highest BCUT2D eigenvalue weighted by Gasteiger charge is 2.19. The molecule has 1 atom stereocenters. The zero-order valence-electron chi connectivity index (χ0n) is 14.3. The molecule has 0 spiro atoms. The van der Waals surface area contributed by atoms with Crippen molar-refractivity contribution >= 4 is 10.0 Å². The van der Waals surface area contributed by atoms with Gasteiger partial charge in [-0.15, -0.1) is 0 Å². The summed E-state index contributed by atoms with van der Waals surface area (Å²) >= 11 is 0. The Morgan fingerprint density at radius 1 is 1.00 bits per heavy atom. The van der Waals surface area contributed by atoms with Gasteiger partial charge in [0.15, 0.2) is 0 Å². The maximum Gasteiger partial charge on any atom is 0.215 e. The molecule has 0 heterocycles. The number of methoxy groups -OCH3 is 2. The van der Waals surface area contributed by atoms with Crippen molar-refractivity contribution < 1.29 is 22.6 Å². The van der Waals surface area contributed by atoms with Crippen LogP contribution >= 0.6 is 0 Å². The topological polar surface area (TPSA) is 73.9 Å². The molecule has 25 heavy (non-hydrogen) atoms. The van der Waals surface area contributed by atoms with Gasteiger partial charge in [-0.25, -0.2) is 13.1 Å². The Bertz CT molecular complexity index is 749. The van der Waals surface area contributed by atoms with Gasteiger partial charge in [-0.05, 0) is 18.2 Å². The Morgan fingerprint density at radius 2 is 1.68 bits per heavy atom. The Hall–Kier alpha value is -2.09. The summed E-state index contributed by atoms with van der Waals surface area (Å²) in [5, 5.41) is 0. The fraction of sp³-hybridized carbons (Fsp3) is 0.333. The predicted molar refractivity (Wildman–Crippen MR) is 96.5 cm³/mol. The fourth-order valence-corrected chi connectivity index (χ4v) is 3.17. The molecule has 0 aromatic heterocycles. The van der Waals surface area contributed by atoms with E-state index in [1.165, 1.54) is 7.11 Å². The Labute approximate surface area is 148 Å². The summed E-state index contributed by atoms with van der Waals surface area (Å²) in [6.45, 7) is 0.191. The highest BCUT2D eigenvalue weighted by Crippen LogP contribution is 2.26. The van der Waals surface area contributed by atoms with Crippen LogP contribution in [0.5, 0.6) is 11.5 Å². The van der Waals surface area contributed by atoms with Crippen LogP contribution in [0.25, 0.3) is 0 Å². The van der Waals surface area contributed by atoms with Crippen molar-refractivity contribution in [1.82, 2.24) is 4.72 Å². The molecule has 7 heteroatoms. The maximum absolute atomic E-state index is 12.1. The van der Waals surface area contributed by atoms with Gasteiger partial charge in [0.1, 0.15) is 18.1 Å². The highest BCUT2D eigenvalue weighted by molar-refractivity contribution is 7.89. The molecule has 0 saturated heterocycles. The molecule has 0 fully saturated rings. The summed E-state index contributed by atoms with van der Waals surface area (Å²) in [6, 6.07) is 16.5. The minimum absolute atomic E-state index is 0.0751. The number of hydrogen-bond acceptors (Lipinski definition) is 5. The number of ether oxygens (including phenoxy) is 3. The van der Waals surface area contributed by atoms with Crippen molar-refractivity contribution in [3.05, 3.63) is 60.2 Å². The molecule has 0 aliphatic carbocycles. The standard InChI is InChI=1S/C18H23NO5S/c1-22-17-11-7-6-10-16(17)18(23-2)14-19-25(20,21)13-12-24-15-8-4-3-5-9-15/h3-11,18-19H,12-14H2,1-2H3. The van der Waals surface area contributed by atoms with Crippen LogP contribution in [0, 0.1) is 0 Å². The SMILES string of the molecule is COc1ccccc1C(CNS(=O)(=O)CCOc1ccccc1)OC. The molecule has 1 unspecified atom stereocenters. The number of hydrogen-bond donors (Lipinski definition) is 1. The zero-order chi connectivity index (χ0) is 18.1. The van der Waals surface area contributed by atoms with Crippen molar-refractivity contribution in [2.75, 3.05) is 33.1 Å². The monoisotopic (exact) mass is 365 g/mol. The molecule has 0 aliphatic rings. The van der Waals surface area contributed by atoms with Crippen molar-refractivity contribution in [2.24, 2.45) is 0 Å². The second kappa shape index (κ2) is 9.41. The molecular formula is C18H23NO5S. The van der Waals surface area contributed by atoms with Gasteiger partial charge in [0.2, 0.25) is 10.0 Å². The van der Waals surface area contributed by atoms with E-state index in [-0.39, 0.29) is 18.9 Å². The number of rotatable bonds is 10. The molecule has 6 nitrogen and oxygen atoms in total. The van der Waals surface area contributed by atoms with E-state index in [2.05, 4.69) is 4.72 Å². The number of benzene rings is 2. The number of para-hydroxylation sites is 2. The third-order valence-corrected chi connectivity index (χ3v) is 4.93.